The minimum absolute atomic E-state index is 0.00000103. The Morgan fingerprint density at radius 2 is 1.94 bits per heavy atom. The maximum absolute atomic E-state index is 13.7. The molecule has 1 aromatic carbocycles. The molecule has 0 saturated carbocycles. The number of hydrogen-bond acceptors (Lipinski definition) is 5. The first kappa shape index (κ1) is 25.6. The van der Waals surface area contributed by atoms with Crippen LogP contribution in [0.2, 0.25) is 0 Å². The molecule has 4 atom stereocenters. The number of ether oxygens (including phenoxy) is 1. The Morgan fingerprint density at radius 1 is 1.24 bits per heavy atom. The van der Waals surface area contributed by atoms with Crippen molar-refractivity contribution in [3.8, 4) is 0 Å². The number of hydrogen-bond donors (Lipinski definition) is 5. The van der Waals surface area contributed by atoms with E-state index in [2.05, 4.69) is 15.6 Å². The standard InChI is InChI=1S/C25H36N4O5/c1-5-15(4)21(34-24(26)33)22(31)29-25(23(32)28-20(13-30)14(2)3)11-10-19-17(12-25)16-8-6-7-9-18(16)27-19/h6-9,14-15,20-21,27,30H,5,10-13H2,1-4H3,(H2,26,33)(H,28,32)(H,29,31)/t15-,20+,21-,25-/m0/s1. The van der Waals surface area contributed by atoms with Gasteiger partial charge in [0.2, 0.25) is 5.91 Å². The van der Waals surface area contributed by atoms with Gasteiger partial charge in [-0.1, -0.05) is 45.9 Å². The van der Waals surface area contributed by atoms with Gasteiger partial charge in [-0.3, -0.25) is 9.59 Å². The molecule has 1 aliphatic rings. The molecule has 2 aromatic rings. The van der Waals surface area contributed by atoms with E-state index in [0.717, 1.165) is 22.2 Å². The van der Waals surface area contributed by atoms with E-state index in [4.69, 9.17) is 10.5 Å². The van der Waals surface area contributed by atoms with Crippen molar-refractivity contribution in [2.75, 3.05) is 6.61 Å². The van der Waals surface area contributed by atoms with E-state index in [0.29, 0.717) is 19.3 Å². The highest BCUT2D eigenvalue weighted by Crippen LogP contribution is 2.35. The number of amides is 3. The van der Waals surface area contributed by atoms with Gasteiger partial charge in [0.1, 0.15) is 5.54 Å². The van der Waals surface area contributed by atoms with Gasteiger partial charge in [-0.25, -0.2) is 4.79 Å². The SMILES string of the molecule is CC[C@H](C)[C@H](OC(N)=O)C(=O)N[C@@]1(C(=O)N[C@H](CO)C(C)C)CCc2[nH]c3ccccc3c2C1. The average molecular weight is 473 g/mol. The van der Waals surface area contributed by atoms with Crippen LogP contribution in [-0.2, 0) is 27.2 Å². The predicted octanol–water partition coefficient (Wildman–Crippen LogP) is 2.15. The number of benzene rings is 1. The lowest BCUT2D eigenvalue weighted by Gasteiger charge is -2.39. The summed E-state index contributed by atoms with van der Waals surface area (Å²) in [6.45, 7) is 7.27. The summed E-state index contributed by atoms with van der Waals surface area (Å²) in [6, 6.07) is 7.39. The number of primary amides is 1. The Hall–Kier alpha value is -3.07. The van der Waals surface area contributed by atoms with Crippen LogP contribution in [0.1, 0.15) is 51.8 Å². The Labute approximate surface area is 199 Å². The highest BCUT2D eigenvalue weighted by Gasteiger charge is 2.46. The van der Waals surface area contributed by atoms with Crippen molar-refractivity contribution < 1.29 is 24.2 Å². The van der Waals surface area contributed by atoms with Gasteiger partial charge >= 0.3 is 6.09 Å². The topological polar surface area (TPSA) is 147 Å². The molecule has 34 heavy (non-hydrogen) atoms. The molecule has 0 bridgehead atoms. The van der Waals surface area contributed by atoms with Gasteiger partial charge in [0.25, 0.3) is 5.91 Å². The zero-order chi connectivity index (χ0) is 25.0. The molecule has 0 unspecified atom stereocenters. The summed E-state index contributed by atoms with van der Waals surface area (Å²) in [5.41, 5.74) is 6.93. The average Bonchev–Trinajstić information content (AvgIpc) is 3.17. The van der Waals surface area contributed by atoms with E-state index < -0.39 is 29.7 Å². The zero-order valence-electron chi connectivity index (χ0n) is 20.3. The highest BCUT2D eigenvalue weighted by molar-refractivity contribution is 5.95. The molecule has 0 fully saturated rings. The number of aromatic amines is 1. The molecule has 9 nitrogen and oxygen atoms in total. The van der Waals surface area contributed by atoms with Crippen LogP contribution < -0.4 is 16.4 Å². The van der Waals surface area contributed by atoms with Gasteiger partial charge in [0, 0.05) is 28.9 Å². The second-order valence-electron chi connectivity index (χ2n) is 9.63. The Balaban J connectivity index is 1.99. The Morgan fingerprint density at radius 3 is 2.56 bits per heavy atom. The molecule has 186 valence electrons. The van der Waals surface area contributed by atoms with Crippen LogP contribution in [0, 0.1) is 11.8 Å². The molecule has 1 aliphatic carbocycles. The second-order valence-corrected chi connectivity index (χ2v) is 9.63. The van der Waals surface area contributed by atoms with Crippen LogP contribution in [0.5, 0.6) is 0 Å². The summed E-state index contributed by atoms with van der Waals surface area (Å²) in [6.07, 6.45) is -0.406. The van der Waals surface area contributed by atoms with E-state index in [1.807, 2.05) is 45.0 Å². The number of rotatable bonds is 9. The molecule has 3 amide bonds. The molecule has 1 aromatic heterocycles. The van der Waals surface area contributed by atoms with Crippen molar-refractivity contribution in [2.24, 2.45) is 17.6 Å². The maximum Gasteiger partial charge on any atom is 0.405 e. The summed E-state index contributed by atoms with van der Waals surface area (Å²) in [5.74, 6) is -1.22. The third-order valence-corrected chi connectivity index (χ3v) is 6.96. The number of para-hydroxylation sites is 1. The van der Waals surface area contributed by atoms with Crippen molar-refractivity contribution >= 4 is 28.8 Å². The number of carbonyl (C=O) groups excluding carboxylic acids is 3. The Bertz CT molecular complexity index is 1050. The second kappa shape index (κ2) is 10.5. The van der Waals surface area contributed by atoms with E-state index in [1.165, 1.54) is 0 Å². The monoisotopic (exact) mass is 472 g/mol. The van der Waals surface area contributed by atoms with Gasteiger partial charge in [0.15, 0.2) is 6.10 Å². The number of fused-ring (bicyclic) bond motifs is 3. The number of aliphatic hydroxyl groups is 1. The predicted molar refractivity (Wildman–Crippen MR) is 129 cm³/mol. The smallest absolute Gasteiger partial charge is 0.405 e. The maximum atomic E-state index is 13.7. The highest BCUT2D eigenvalue weighted by atomic mass is 16.6. The summed E-state index contributed by atoms with van der Waals surface area (Å²) in [4.78, 5) is 42.0. The van der Waals surface area contributed by atoms with E-state index in [-0.39, 0.29) is 30.8 Å². The minimum Gasteiger partial charge on any atom is -0.436 e. The first-order valence-electron chi connectivity index (χ1n) is 11.9. The number of carbonyl (C=O) groups is 3. The van der Waals surface area contributed by atoms with Crippen LogP contribution in [-0.4, -0.2) is 52.3 Å². The normalized spacial score (nSPS) is 20.3. The zero-order valence-corrected chi connectivity index (χ0v) is 20.3. The molecule has 3 rings (SSSR count). The van der Waals surface area contributed by atoms with Gasteiger partial charge in [-0.2, -0.15) is 0 Å². The number of nitrogens with one attached hydrogen (secondary N) is 3. The molecule has 6 N–H and O–H groups in total. The quantitative estimate of drug-likeness (QED) is 0.379. The van der Waals surface area contributed by atoms with E-state index in [9.17, 15) is 19.5 Å². The fourth-order valence-electron chi connectivity index (χ4n) is 4.56. The van der Waals surface area contributed by atoms with Crippen molar-refractivity contribution in [2.45, 2.75) is 71.1 Å². The first-order chi connectivity index (χ1) is 16.1. The summed E-state index contributed by atoms with van der Waals surface area (Å²) in [7, 11) is 0. The number of aromatic nitrogens is 1. The van der Waals surface area contributed by atoms with Crippen LogP contribution in [0.25, 0.3) is 10.9 Å². The third kappa shape index (κ3) is 5.19. The van der Waals surface area contributed by atoms with Crippen molar-refractivity contribution in [1.82, 2.24) is 15.6 Å². The number of aliphatic hydroxyl groups excluding tert-OH is 1. The molecular weight excluding hydrogens is 436 g/mol. The van der Waals surface area contributed by atoms with E-state index >= 15 is 0 Å². The molecule has 0 aliphatic heterocycles. The number of aryl methyl sites for hydroxylation is 1. The van der Waals surface area contributed by atoms with E-state index in [1.54, 1.807) is 6.92 Å². The fourth-order valence-corrected chi connectivity index (χ4v) is 4.56. The minimum atomic E-state index is -1.27. The molecule has 0 saturated heterocycles. The molecule has 1 heterocycles. The molecular formula is C25H36N4O5. The van der Waals surface area contributed by atoms with Gasteiger partial charge < -0.3 is 31.2 Å². The third-order valence-electron chi connectivity index (χ3n) is 6.96. The van der Waals surface area contributed by atoms with Gasteiger partial charge in [0.05, 0.1) is 12.6 Å². The number of nitrogens with two attached hydrogens (primary N) is 1. The summed E-state index contributed by atoms with van der Waals surface area (Å²) < 4.78 is 5.15. The van der Waals surface area contributed by atoms with Crippen LogP contribution >= 0.6 is 0 Å². The largest absolute Gasteiger partial charge is 0.436 e. The lowest BCUT2D eigenvalue weighted by Crippen LogP contribution is -2.65. The van der Waals surface area contributed by atoms with Crippen molar-refractivity contribution in [3.05, 3.63) is 35.5 Å². The lowest BCUT2D eigenvalue weighted by molar-refractivity contribution is -0.140. The van der Waals surface area contributed by atoms with Crippen molar-refractivity contribution in [3.63, 3.8) is 0 Å². The summed E-state index contributed by atoms with van der Waals surface area (Å²) >= 11 is 0. The van der Waals surface area contributed by atoms with Crippen LogP contribution in [0.15, 0.2) is 24.3 Å². The first-order valence-corrected chi connectivity index (χ1v) is 11.9. The molecule has 9 heteroatoms. The summed E-state index contributed by atoms with van der Waals surface area (Å²) in [5, 5.41) is 16.7. The van der Waals surface area contributed by atoms with Gasteiger partial charge in [-0.05, 0) is 36.8 Å². The van der Waals surface area contributed by atoms with Crippen molar-refractivity contribution in [1.29, 1.82) is 0 Å². The van der Waals surface area contributed by atoms with Crippen LogP contribution in [0.4, 0.5) is 4.79 Å². The Kier molecular flexibility index (Phi) is 7.86. The fraction of sp³-hybridized carbons (Fsp3) is 0.560. The van der Waals surface area contributed by atoms with Crippen LogP contribution in [0.3, 0.4) is 0 Å². The number of H-pyrrole nitrogens is 1. The van der Waals surface area contributed by atoms with Gasteiger partial charge in [-0.15, -0.1) is 0 Å². The lowest BCUT2D eigenvalue weighted by atomic mass is 9.78. The molecule has 0 spiro atoms. The molecule has 0 radical (unpaired) electrons.